The summed E-state index contributed by atoms with van der Waals surface area (Å²) >= 11 is 0. The van der Waals surface area contributed by atoms with Gasteiger partial charge in [-0.25, -0.2) is 0 Å². The number of rotatable bonds is 7. The Bertz CT molecular complexity index is 614. The molecule has 1 aromatic carbocycles. The highest BCUT2D eigenvalue weighted by molar-refractivity contribution is 5.58. The van der Waals surface area contributed by atoms with E-state index in [-0.39, 0.29) is 18.6 Å². The van der Waals surface area contributed by atoms with Gasteiger partial charge in [0.15, 0.2) is 0 Å². The minimum absolute atomic E-state index is 0.00336. The van der Waals surface area contributed by atoms with Crippen LogP contribution in [0.15, 0.2) is 17.7 Å². The van der Waals surface area contributed by atoms with E-state index < -0.39 is 0 Å². The lowest BCUT2D eigenvalue weighted by Gasteiger charge is -2.37. The molecule has 0 aromatic heterocycles. The second-order valence-electron chi connectivity index (χ2n) is 7.53. The average Bonchev–Trinajstić information content (AvgIpc) is 2.57. The molecule has 1 aromatic rings. The third-order valence-electron chi connectivity index (χ3n) is 5.35. The molecule has 0 saturated carbocycles. The zero-order valence-electron chi connectivity index (χ0n) is 16.7. The zero-order chi connectivity index (χ0) is 18.6. The minimum Gasteiger partial charge on any atom is -0.496 e. The highest BCUT2D eigenvalue weighted by atomic mass is 16.5. The normalized spacial score (nSPS) is 22.1. The van der Waals surface area contributed by atoms with Gasteiger partial charge in [0.2, 0.25) is 0 Å². The molecule has 1 heterocycles. The molecule has 1 aliphatic heterocycles. The monoisotopic (exact) mass is 346 g/mol. The van der Waals surface area contributed by atoms with Crippen LogP contribution in [0, 0.1) is 5.92 Å². The Hall–Kier alpha value is -1.48. The van der Waals surface area contributed by atoms with Gasteiger partial charge in [0.1, 0.15) is 11.5 Å². The Labute approximate surface area is 153 Å². The quantitative estimate of drug-likeness (QED) is 0.531. The fraction of sp³-hybridized carbons (Fsp3) is 0.636. The lowest BCUT2D eigenvalue weighted by Crippen LogP contribution is -2.32. The minimum atomic E-state index is 0.00336. The molecule has 3 heteroatoms. The van der Waals surface area contributed by atoms with Crippen molar-refractivity contribution in [1.82, 2.24) is 0 Å². The number of hydrogen-bond donors (Lipinski definition) is 1. The molecular formula is C22H34O3. The van der Waals surface area contributed by atoms with Crippen molar-refractivity contribution in [2.75, 3.05) is 7.11 Å². The molecule has 1 aliphatic rings. The Morgan fingerprint density at radius 1 is 1.28 bits per heavy atom. The van der Waals surface area contributed by atoms with E-state index in [1.165, 1.54) is 18.4 Å². The third kappa shape index (κ3) is 4.20. The van der Waals surface area contributed by atoms with Crippen LogP contribution in [0.4, 0.5) is 0 Å². The molecule has 0 saturated heterocycles. The number of hydrogen-bond acceptors (Lipinski definition) is 3. The van der Waals surface area contributed by atoms with Crippen molar-refractivity contribution in [1.29, 1.82) is 0 Å². The van der Waals surface area contributed by atoms with Crippen LogP contribution in [0.5, 0.6) is 11.5 Å². The largest absolute Gasteiger partial charge is 0.496 e. The SMILES string of the molecule is CCCCCc1cc2c(c(OC)c1CO)C(C=C(C)C)C(C)C(C)O2. The van der Waals surface area contributed by atoms with Crippen molar-refractivity contribution in [3.8, 4) is 11.5 Å². The summed E-state index contributed by atoms with van der Waals surface area (Å²) < 4.78 is 12.1. The number of allylic oxidation sites excluding steroid dienone is 2. The Balaban J connectivity index is 2.60. The Morgan fingerprint density at radius 2 is 2.00 bits per heavy atom. The number of ether oxygens (including phenoxy) is 2. The van der Waals surface area contributed by atoms with Crippen molar-refractivity contribution in [2.45, 2.75) is 78.9 Å². The van der Waals surface area contributed by atoms with Crippen LogP contribution >= 0.6 is 0 Å². The molecule has 0 spiro atoms. The highest BCUT2D eigenvalue weighted by Crippen LogP contribution is 2.48. The van der Waals surface area contributed by atoms with Gasteiger partial charge in [-0.2, -0.15) is 0 Å². The first-order chi connectivity index (χ1) is 11.9. The maximum atomic E-state index is 10.0. The van der Waals surface area contributed by atoms with Crippen molar-refractivity contribution >= 4 is 0 Å². The van der Waals surface area contributed by atoms with E-state index >= 15 is 0 Å². The maximum Gasteiger partial charge on any atom is 0.132 e. The highest BCUT2D eigenvalue weighted by Gasteiger charge is 2.36. The molecule has 3 atom stereocenters. The number of aryl methyl sites for hydroxylation is 1. The van der Waals surface area contributed by atoms with Crippen molar-refractivity contribution in [2.24, 2.45) is 5.92 Å². The molecule has 1 N–H and O–H groups in total. The van der Waals surface area contributed by atoms with Gasteiger partial charge in [0.05, 0.1) is 19.8 Å². The van der Waals surface area contributed by atoms with Crippen LogP contribution < -0.4 is 9.47 Å². The first-order valence-electron chi connectivity index (χ1n) is 9.59. The predicted octanol–water partition coefficient (Wildman–Crippen LogP) is 5.39. The van der Waals surface area contributed by atoms with Crippen molar-refractivity contribution in [3.05, 3.63) is 34.4 Å². The van der Waals surface area contributed by atoms with Gasteiger partial charge in [-0.05, 0) is 45.2 Å². The summed E-state index contributed by atoms with van der Waals surface area (Å²) in [5, 5.41) is 10.0. The Kier molecular flexibility index (Phi) is 6.95. The first-order valence-corrected chi connectivity index (χ1v) is 9.59. The molecular weight excluding hydrogens is 312 g/mol. The number of methoxy groups -OCH3 is 1. The first kappa shape index (κ1) is 19.8. The summed E-state index contributed by atoms with van der Waals surface area (Å²) in [5.74, 6) is 2.34. The average molecular weight is 347 g/mol. The van der Waals surface area contributed by atoms with Crippen molar-refractivity contribution in [3.63, 3.8) is 0 Å². The molecule has 0 amide bonds. The number of aliphatic hydroxyl groups excluding tert-OH is 1. The smallest absolute Gasteiger partial charge is 0.132 e. The van der Waals surface area contributed by atoms with Crippen LogP contribution in [0.1, 0.15) is 76.5 Å². The lowest BCUT2D eigenvalue weighted by atomic mass is 9.78. The topological polar surface area (TPSA) is 38.7 Å². The molecule has 0 fully saturated rings. The van der Waals surface area contributed by atoms with Crippen LogP contribution in [0.25, 0.3) is 0 Å². The van der Waals surface area contributed by atoms with Crippen molar-refractivity contribution < 1.29 is 14.6 Å². The molecule has 2 rings (SSSR count). The molecule has 25 heavy (non-hydrogen) atoms. The molecule has 140 valence electrons. The third-order valence-corrected chi connectivity index (χ3v) is 5.35. The fourth-order valence-electron chi connectivity index (χ4n) is 3.81. The van der Waals surface area contributed by atoms with E-state index in [1.807, 2.05) is 0 Å². The lowest BCUT2D eigenvalue weighted by molar-refractivity contribution is 0.126. The maximum absolute atomic E-state index is 10.0. The number of fused-ring (bicyclic) bond motifs is 1. The van der Waals surface area contributed by atoms with Gasteiger partial charge in [-0.3, -0.25) is 0 Å². The van der Waals surface area contributed by atoms with Crippen LogP contribution in [0.3, 0.4) is 0 Å². The van der Waals surface area contributed by atoms with Crippen LogP contribution in [0.2, 0.25) is 0 Å². The van der Waals surface area contributed by atoms with Gasteiger partial charge >= 0.3 is 0 Å². The van der Waals surface area contributed by atoms with Gasteiger partial charge < -0.3 is 14.6 Å². The summed E-state index contributed by atoms with van der Waals surface area (Å²) in [4.78, 5) is 0. The van der Waals surface area contributed by atoms with E-state index in [2.05, 4.69) is 46.8 Å². The molecule has 0 radical (unpaired) electrons. The number of benzene rings is 1. The van der Waals surface area contributed by atoms with E-state index in [0.29, 0.717) is 5.92 Å². The van der Waals surface area contributed by atoms with Gasteiger partial charge in [-0.1, -0.05) is 38.3 Å². The summed E-state index contributed by atoms with van der Waals surface area (Å²) in [7, 11) is 1.70. The van der Waals surface area contributed by atoms with Gasteiger partial charge in [0, 0.05) is 23.0 Å². The van der Waals surface area contributed by atoms with Crippen LogP contribution in [-0.2, 0) is 13.0 Å². The van der Waals surface area contributed by atoms with Gasteiger partial charge in [-0.15, -0.1) is 0 Å². The second-order valence-corrected chi connectivity index (χ2v) is 7.53. The van der Waals surface area contributed by atoms with E-state index in [4.69, 9.17) is 9.47 Å². The predicted molar refractivity (Wildman–Crippen MR) is 104 cm³/mol. The summed E-state index contributed by atoms with van der Waals surface area (Å²) in [6.45, 7) is 10.8. The second kappa shape index (κ2) is 8.75. The van der Waals surface area contributed by atoms with E-state index in [9.17, 15) is 5.11 Å². The van der Waals surface area contributed by atoms with Gasteiger partial charge in [0.25, 0.3) is 0 Å². The van der Waals surface area contributed by atoms with E-state index in [0.717, 1.165) is 41.0 Å². The molecule has 0 aliphatic carbocycles. The fourth-order valence-corrected chi connectivity index (χ4v) is 3.81. The summed E-state index contributed by atoms with van der Waals surface area (Å²) in [6.07, 6.45) is 6.91. The zero-order valence-corrected chi connectivity index (χ0v) is 16.7. The van der Waals surface area contributed by atoms with E-state index in [1.54, 1.807) is 7.11 Å². The molecule has 3 unspecified atom stereocenters. The summed E-state index contributed by atoms with van der Waals surface area (Å²) in [6, 6.07) is 2.15. The molecule has 0 bridgehead atoms. The number of unbranched alkanes of at least 4 members (excludes halogenated alkanes) is 2. The summed E-state index contributed by atoms with van der Waals surface area (Å²) in [5.41, 5.74) is 4.47. The standard InChI is InChI=1S/C22H34O3/c1-7-8-9-10-17-12-20-21(22(24-6)19(17)13-23)18(11-14(2)3)15(4)16(5)25-20/h11-12,15-16,18,23H,7-10,13H2,1-6H3. The number of aliphatic hydroxyl groups is 1. The molecule has 3 nitrogen and oxygen atoms in total. The van der Waals surface area contributed by atoms with Crippen LogP contribution in [-0.4, -0.2) is 18.3 Å². The Morgan fingerprint density at radius 3 is 2.56 bits per heavy atom.